The van der Waals surface area contributed by atoms with E-state index in [-0.39, 0.29) is 11.2 Å². The van der Waals surface area contributed by atoms with E-state index in [1.807, 2.05) is 12.1 Å². The van der Waals surface area contributed by atoms with Gasteiger partial charge in [-0.3, -0.25) is 0 Å². The fourth-order valence-corrected chi connectivity index (χ4v) is 6.76. The highest BCUT2D eigenvalue weighted by atomic mass is 16.3. The van der Waals surface area contributed by atoms with Crippen molar-refractivity contribution >= 4 is 32.3 Å². The van der Waals surface area contributed by atoms with Crippen LogP contribution in [0, 0.1) is 0 Å². The van der Waals surface area contributed by atoms with Gasteiger partial charge in [-0.05, 0) is 121 Å². The molecule has 0 bridgehead atoms. The minimum absolute atomic E-state index is 0.289. The molecule has 0 unspecified atom stereocenters. The number of phenols is 1. The van der Waals surface area contributed by atoms with Crippen LogP contribution in [0.25, 0.3) is 54.6 Å². The summed E-state index contributed by atoms with van der Waals surface area (Å²) in [5, 5.41) is 17.4. The minimum Gasteiger partial charge on any atom is -0.508 e. The molecule has 0 heterocycles. The molecule has 7 aromatic rings. The monoisotopic (exact) mass is 498 g/mol. The first kappa shape index (κ1) is 22.1. The third-order valence-electron chi connectivity index (χ3n) is 8.74. The van der Waals surface area contributed by atoms with E-state index in [0.717, 1.165) is 16.3 Å². The van der Waals surface area contributed by atoms with Crippen molar-refractivity contribution in [2.75, 3.05) is 0 Å². The van der Waals surface area contributed by atoms with Crippen molar-refractivity contribution in [2.24, 2.45) is 0 Å². The van der Waals surface area contributed by atoms with Crippen molar-refractivity contribution in [3.63, 3.8) is 0 Å². The molecule has 1 aliphatic rings. The molecule has 1 N–H and O–H groups in total. The average molecular weight is 499 g/mol. The topological polar surface area (TPSA) is 20.2 Å². The minimum atomic E-state index is -0.344. The first-order valence-corrected chi connectivity index (χ1v) is 13.5. The summed E-state index contributed by atoms with van der Waals surface area (Å²) in [5.74, 6) is 0.289. The summed E-state index contributed by atoms with van der Waals surface area (Å²) < 4.78 is 0. The molecule has 0 fully saturated rings. The molecule has 7 aromatic carbocycles. The molecule has 0 spiro atoms. The van der Waals surface area contributed by atoms with Crippen molar-refractivity contribution in [3.05, 3.63) is 150 Å². The van der Waals surface area contributed by atoms with Crippen LogP contribution >= 0.6 is 0 Å². The van der Waals surface area contributed by atoms with Gasteiger partial charge >= 0.3 is 0 Å². The van der Waals surface area contributed by atoms with E-state index >= 15 is 0 Å². The Hall–Kier alpha value is -4.88. The van der Waals surface area contributed by atoms with E-state index in [1.165, 1.54) is 54.9 Å². The number of benzene rings is 7. The lowest BCUT2D eigenvalue weighted by Gasteiger charge is -2.31. The normalized spacial score (nSPS) is 13.6. The number of aromatic hydroxyl groups is 1. The maximum Gasteiger partial charge on any atom is 0.116 e. The average Bonchev–Trinajstić information content (AvgIpc) is 3.21. The summed E-state index contributed by atoms with van der Waals surface area (Å²) in [7, 11) is 0. The van der Waals surface area contributed by atoms with Crippen molar-refractivity contribution in [2.45, 2.75) is 12.3 Å². The second-order valence-corrected chi connectivity index (χ2v) is 10.9. The largest absolute Gasteiger partial charge is 0.508 e. The van der Waals surface area contributed by atoms with Gasteiger partial charge in [-0.25, -0.2) is 0 Å². The third-order valence-corrected chi connectivity index (χ3v) is 8.74. The molecular weight excluding hydrogens is 472 g/mol. The zero-order valence-corrected chi connectivity index (χ0v) is 21.6. The molecule has 0 atom stereocenters. The van der Waals surface area contributed by atoms with E-state index in [1.54, 1.807) is 6.07 Å². The quantitative estimate of drug-likeness (QED) is 0.251. The van der Waals surface area contributed by atoms with Gasteiger partial charge in [-0.1, -0.05) is 91.0 Å². The van der Waals surface area contributed by atoms with Gasteiger partial charge in [0.15, 0.2) is 0 Å². The summed E-state index contributed by atoms with van der Waals surface area (Å²) in [6, 6.07) is 47.9. The highest BCUT2D eigenvalue weighted by molar-refractivity contribution is 6.00. The van der Waals surface area contributed by atoms with Crippen molar-refractivity contribution in [1.82, 2.24) is 0 Å². The predicted molar refractivity (Wildman–Crippen MR) is 163 cm³/mol. The van der Waals surface area contributed by atoms with Crippen LogP contribution in [0.5, 0.6) is 5.75 Å². The highest BCUT2D eigenvalue weighted by Gasteiger charge is 2.42. The van der Waals surface area contributed by atoms with E-state index < -0.39 is 0 Å². The molecule has 0 saturated carbocycles. The van der Waals surface area contributed by atoms with Crippen LogP contribution in [0.3, 0.4) is 0 Å². The molecule has 184 valence electrons. The first-order chi connectivity index (χ1) is 19.1. The maximum atomic E-state index is 10.2. The van der Waals surface area contributed by atoms with Crippen molar-refractivity contribution in [1.29, 1.82) is 0 Å². The van der Waals surface area contributed by atoms with Gasteiger partial charge < -0.3 is 5.11 Å². The molecule has 0 aromatic heterocycles. The number of rotatable bonds is 2. The molecule has 8 rings (SSSR count). The van der Waals surface area contributed by atoms with Crippen LogP contribution in [0.4, 0.5) is 0 Å². The van der Waals surface area contributed by atoms with Gasteiger partial charge in [0.2, 0.25) is 0 Å². The number of fused-ring (bicyclic) bond motifs is 6. The van der Waals surface area contributed by atoms with Crippen LogP contribution in [-0.2, 0) is 5.41 Å². The smallest absolute Gasteiger partial charge is 0.116 e. The molecule has 0 radical (unpaired) electrons. The Labute approximate surface area is 227 Å². The SMILES string of the molecule is CC1(c2ccccc2-c2ccc3ccc(O)cc3c2)c2cc3ccccc3cc2-c2cc3ccccc3cc21. The van der Waals surface area contributed by atoms with Gasteiger partial charge in [0, 0.05) is 5.41 Å². The Morgan fingerprint density at radius 3 is 1.59 bits per heavy atom. The van der Waals surface area contributed by atoms with Gasteiger partial charge in [-0.2, -0.15) is 0 Å². The van der Waals surface area contributed by atoms with Gasteiger partial charge in [0.25, 0.3) is 0 Å². The van der Waals surface area contributed by atoms with Crippen molar-refractivity contribution in [3.8, 4) is 28.0 Å². The lowest BCUT2D eigenvalue weighted by molar-refractivity contribution is 0.476. The molecule has 0 amide bonds. The van der Waals surface area contributed by atoms with E-state index in [2.05, 4.69) is 122 Å². The Bertz CT molecular complexity index is 2010. The second-order valence-electron chi connectivity index (χ2n) is 10.9. The summed E-state index contributed by atoms with van der Waals surface area (Å²) in [4.78, 5) is 0. The highest BCUT2D eigenvalue weighted by Crippen LogP contribution is 2.55. The van der Waals surface area contributed by atoms with Crippen LogP contribution in [-0.4, -0.2) is 5.11 Å². The molecule has 1 aliphatic carbocycles. The third kappa shape index (κ3) is 3.20. The molecular formula is C38H26O. The summed E-state index contributed by atoms with van der Waals surface area (Å²) >= 11 is 0. The van der Waals surface area contributed by atoms with Crippen LogP contribution in [0.1, 0.15) is 23.6 Å². The second kappa shape index (κ2) is 8.06. The molecule has 0 saturated heterocycles. The lowest BCUT2D eigenvalue weighted by Crippen LogP contribution is -2.23. The Morgan fingerprint density at radius 1 is 0.410 bits per heavy atom. The van der Waals surface area contributed by atoms with E-state index in [4.69, 9.17) is 0 Å². The van der Waals surface area contributed by atoms with E-state index in [9.17, 15) is 5.11 Å². The lowest BCUT2D eigenvalue weighted by atomic mass is 9.71. The van der Waals surface area contributed by atoms with Gasteiger partial charge in [0.05, 0.1) is 0 Å². The van der Waals surface area contributed by atoms with Crippen LogP contribution in [0.2, 0.25) is 0 Å². The zero-order chi connectivity index (χ0) is 26.1. The predicted octanol–water partition coefficient (Wildman–Crippen LogP) is 9.85. The number of hydrogen-bond acceptors (Lipinski definition) is 1. The zero-order valence-electron chi connectivity index (χ0n) is 21.6. The van der Waals surface area contributed by atoms with Gasteiger partial charge in [-0.15, -0.1) is 0 Å². The van der Waals surface area contributed by atoms with Gasteiger partial charge in [0.1, 0.15) is 5.75 Å². The Kier molecular flexibility index (Phi) is 4.57. The first-order valence-electron chi connectivity index (χ1n) is 13.5. The van der Waals surface area contributed by atoms with Crippen LogP contribution < -0.4 is 0 Å². The van der Waals surface area contributed by atoms with Crippen LogP contribution in [0.15, 0.2) is 133 Å². The maximum absolute atomic E-state index is 10.2. The summed E-state index contributed by atoms with van der Waals surface area (Å²) in [5.41, 5.74) is 8.63. The summed E-state index contributed by atoms with van der Waals surface area (Å²) in [6.07, 6.45) is 0. The Morgan fingerprint density at radius 2 is 0.949 bits per heavy atom. The molecule has 1 heteroatoms. The molecule has 39 heavy (non-hydrogen) atoms. The molecule has 1 nitrogen and oxygen atoms in total. The fourth-order valence-electron chi connectivity index (χ4n) is 6.76. The van der Waals surface area contributed by atoms with E-state index in [0.29, 0.717) is 0 Å². The molecule has 0 aliphatic heterocycles. The Balaban J connectivity index is 1.45. The number of phenolic OH excluding ortho intramolecular Hbond substituents is 1. The standard InChI is InChI=1S/C38H26O/c1-38(35-13-7-6-12-32(35)29-15-14-24-16-17-31(39)19-30(24)18-29)36-22-27-10-4-2-8-25(27)20-33(36)34-21-26-9-3-5-11-28(26)23-37(34)38/h2-23,39H,1H3. The number of hydrogen-bond donors (Lipinski definition) is 1. The fraction of sp³-hybridized carbons (Fsp3) is 0.0526. The van der Waals surface area contributed by atoms with Crippen molar-refractivity contribution < 1.29 is 5.11 Å². The summed E-state index contributed by atoms with van der Waals surface area (Å²) in [6.45, 7) is 2.40.